The lowest BCUT2D eigenvalue weighted by molar-refractivity contribution is -0.132. The first-order valence-corrected chi connectivity index (χ1v) is 15.4. The van der Waals surface area contributed by atoms with Gasteiger partial charge in [0.25, 0.3) is 5.91 Å². The van der Waals surface area contributed by atoms with Crippen molar-refractivity contribution >= 4 is 33.2 Å². The van der Waals surface area contributed by atoms with Gasteiger partial charge in [0.15, 0.2) is 0 Å². The lowest BCUT2D eigenvalue weighted by Gasteiger charge is -2.37. The van der Waals surface area contributed by atoms with Gasteiger partial charge in [0.05, 0.1) is 16.3 Å². The Morgan fingerprint density at radius 3 is 2.20 bits per heavy atom. The summed E-state index contributed by atoms with van der Waals surface area (Å²) in [4.78, 5) is 34.3. The molecular formula is C32H36N4O4S. The van der Waals surface area contributed by atoms with E-state index in [0.29, 0.717) is 48.2 Å². The Hall–Kier alpha value is -3.82. The van der Waals surface area contributed by atoms with Gasteiger partial charge in [-0.25, -0.2) is 13.4 Å². The molecule has 0 saturated heterocycles. The van der Waals surface area contributed by atoms with Gasteiger partial charge in [-0.05, 0) is 50.8 Å². The lowest BCUT2D eigenvalue weighted by Crippen LogP contribution is -2.62. The highest BCUT2D eigenvalue weighted by atomic mass is 32.2. The predicted molar refractivity (Wildman–Crippen MR) is 161 cm³/mol. The molecule has 1 saturated carbocycles. The van der Waals surface area contributed by atoms with Crippen molar-refractivity contribution in [3.8, 4) is 0 Å². The molecule has 2 amide bonds. The summed E-state index contributed by atoms with van der Waals surface area (Å²) in [5, 5.41) is 2.85. The van der Waals surface area contributed by atoms with Crippen molar-refractivity contribution in [1.29, 1.82) is 0 Å². The van der Waals surface area contributed by atoms with E-state index < -0.39 is 33.5 Å². The number of aryl methyl sites for hydroxylation is 3. The van der Waals surface area contributed by atoms with Crippen LogP contribution >= 0.6 is 0 Å². The molecule has 9 heteroatoms. The van der Waals surface area contributed by atoms with Gasteiger partial charge in [-0.1, -0.05) is 85.5 Å². The zero-order valence-electron chi connectivity index (χ0n) is 23.9. The van der Waals surface area contributed by atoms with E-state index in [1.165, 1.54) is 4.90 Å². The number of fused-ring (bicyclic) bond motifs is 1. The molecule has 3 aromatic rings. The SMILES string of the molecule is Cc1cc(C)c(S(=O)(=O)NC2(C(=O)NC3N=C(c4ccccc4)c4ccccc4N(C)C3=O)CCCCC2)c(C)c1. The summed E-state index contributed by atoms with van der Waals surface area (Å²) in [5.41, 5.74) is 3.64. The minimum absolute atomic E-state index is 0.186. The molecule has 5 rings (SSSR count). The molecule has 0 spiro atoms. The number of hydrogen-bond donors (Lipinski definition) is 2. The summed E-state index contributed by atoms with van der Waals surface area (Å²) in [6.07, 6.45) is 1.69. The first kappa shape index (κ1) is 28.7. The number of likely N-dealkylation sites (N-methyl/N-ethyl adjacent to an activating group) is 1. The first-order chi connectivity index (χ1) is 19.5. The van der Waals surface area contributed by atoms with Gasteiger partial charge in [0.2, 0.25) is 22.1 Å². The molecule has 1 fully saturated rings. The van der Waals surface area contributed by atoms with Crippen molar-refractivity contribution in [2.75, 3.05) is 11.9 Å². The van der Waals surface area contributed by atoms with E-state index >= 15 is 0 Å². The third-order valence-electron chi connectivity index (χ3n) is 8.00. The maximum absolute atomic E-state index is 14.1. The van der Waals surface area contributed by atoms with E-state index in [2.05, 4.69) is 10.0 Å². The van der Waals surface area contributed by atoms with Gasteiger partial charge in [-0.2, -0.15) is 4.72 Å². The van der Waals surface area contributed by atoms with Crippen LogP contribution < -0.4 is 14.9 Å². The molecule has 3 aromatic carbocycles. The highest BCUT2D eigenvalue weighted by Crippen LogP contribution is 2.33. The van der Waals surface area contributed by atoms with Crippen molar-refractivity contribution < 1.29 is 18.0 Å². The van der Waals surface area contributed by atoms with Crippen molar-refractivity contribution in [1.82, 2.24) is 10.0 Å². The fourth-order valence-corrected chi connectivity index (χ4v) is 8.01. The topological polar surface area (TPSA) is 108 Å². The summed E-state index contributed by atoms with van der Waals surface area (Å²) < 4.78 is 30.4. The van der Waals surface area contributed by atoms with Crippen LogP contribution in [0.5, 0.6) is 0 Å². The van der Waals surface area contributed by atoms with Crippen LogP contribution in [0, 0.1) is 20.8 Å². The third-order valence-corrected chi connectivity index (χ3v) is 9.84. The molecule has 0 aromatic heterocycles. The van der Waals surface area contributed by atoms with Gasteiger partial charge in [0.1, 0.15) is 5.54 Å². The number of nitrogens with zero attached hydrogens (tertiary/aromatic N) is 2. The van der Waals surface area contributed by atoms with Crippen LogP contribution in [0.25, 0.3) is 0 Å². The van der Waals surface area contributed by atoms with Gasteiger partial charge in [0, 0.05) is 18.2 Å². The molecule has 2 N–H and O–H groups in total. The molecule has 1 unspecified atom stereocenters. The van der Waals surface area contributed by atoms with E-state index in [4.69, 9.17) is 4.99 Å². The summed E-state index contributed by atoms with van der Waals surface area (Å²) in [7, 11) is -2.39. The second kappa shape index (κ2) is 11.2. The summed E-state index contributed by atoms with van der Waals surface area (Å²) in [6.45, 7) is 5.45. The number of sulfonamides is 1. The van der Waals surface area contributed by atoms with Crippen LogP contribution in [0.1, 0.15) is 59.9 Å². The average Bonchev–Trinajstić information content (AvgIpc) is 3.03. The average molecular weight is 573 g/mol. The molecule has 41 heavy (non-hydrogen) atoms. The van der Waals surface area contributed by atoms with Crippen LogP contribution in [0.4, 0.5) is 5.69 Å². The molecule has 0 bridgehead atoms. The molecule has 2 aliphatic rings. The molecule has 214 valence electrons. The molecule has 1 aliphatic carbocycles. The number of aliphatic imine (C=N–C) groups is 1. The summed E-state index contributed by atoms with van der Waals surface area (Å²) in [6, 6.07) is 20.6. The van der Waals surface area contributed by atoms with E-state index in [1.807, 2.05) is 73.7 Å². The van der Waals surface area contributed by atoms with E-state index in [0.717, 1.165) is 23.1 Å². The second-order valence-electron chi connectivity index (χ2n) is 11.1. The van der Waals surface area contributed by atoms with Gasteiger partial charge in [-0.15, -0.1) is 0 Å². The van der Waals surface area contributed by atoms with Crippen LogP contribution in [0.2, 0.25) is 0 Å². The Balaban J connectivity index is 1.53. The van der Waals surface area contributed by atoms with Crippen molar-refractivity contribution in [2.45, 2.75) is 69.5 Å². The Bertz CT molecular complexity index is 1600. The fraction of sp³-hybridized carbons (Fsp3) is 0.344. The van der Waals surface area contributed by atoms with E-state index in [9.17, 15) is 18.0 Å². The molecule has 1 aliphatic heterocycles. The molecule has 0 radical (unpaired) electrons. The predicted octanol–water partition coefficient (Wildman–Crippen LogP) is 4.55. The largest absolute Gasteiger partial charge is 0.325 e. The first-order valence-electron chi connectivity index (χ1n) is 14.0. The standard InChI is InChI=1S/C32H36N4O4S/c1-21-19-22(2)28(23(3)20-21)41(39,40)35-32(17-11-6-12-18-32)31(38)34-29-30(37)36(4)26-16-10-9-15-25(26)27(33-29)24-13-7-5-8-14-24/h5,7-10,13-16,19-20,29,35H,6,11-12,17-18H2,1-4H3,(H,34,38). The Morgan fingerprint density at radius 1 is 0.927 bits per heavy atom. The van der Waals surface area contributed by atoms with Crippen molar-refractivity contribution in [3.63, 3.8) is 0 Å². The Kier molecular flexibility index (Phi) is 7.85. The van der Waals surface area contributed by atoms with Crippen molar-refractivity contribution in [3.05, 3.63) is 94.5 Å². The number of anilines is 1. The number of amides is 2. The number of rotatable bonds is 6. The fourth-order valence-electron chi connectivity index (χ4n) is 6.13. The van der Waals surface area contributed by atoms with Crippen LogP contribution in [0.3, 0.4) is 0 Å². The van der Waals surface area contributed by atoms with Crippen molar-refractivity contribution in [2.24, 2.45) is 4.99 Å². The summed E-state index contributed by atoms with van der Waals surface area (Å²) >= 11 is 0. The lowest BCUT2D eigenvalue weighted by atomic mass is 9.82. The number of benzene rings is 3. The molecular weight excluding hydrogens is 536 g/mol. The van der Waals surface area contributed by atoms with Crippen LogP contribution in [-0.2, 0) is 19.6 Å². The smallest absolute Gasteiger partial charge is 0.272 e. The van der Waals surface area contributed by atoms with E-state index in [-0.39, 0.29) is 4.90 Å². The molecule has 8 nitrogen and oxygen atoms in total. The molecule has 1 heterocycles. The number of hydrogen-bond acceptors (Lipinski definition) is 5. The Morgan fingerprint density at radius 2 is 1.54 bits per heavy atom. The zero-order valence-corrected chi connectivity index (χ0v) is 24.7. The highest BCUT2D eigenvalue weighted by Gasteiger charge is 2.45. The number of benzodiazepines with no additional fused rings is 1. The number of carbonyl (C=O) groups excluding carboxylic acids is 2. The molecule has 1 atom stereocenters. The highest BCUT2D eigenvalue weighted by molar-refractivity contribution is 7.89. The maximum Gasteiger partial charge on any atom is 0.272 e. The summed E-state index contributed by atoms with van der Waals surface area (Å²) in [5.74, 6) is -0.951. The number of carbonyl (C=O) groups is 2. The minimum Gasteiger partial charge on any atom is -0.325 e. The zero-order chi connectivity index (χ0) is 29.4. The van der Waals surface area contributed by atoms with Gasteiger partial charge >= 0.3 is 0 Å². The van der Waals surface area contributed by atoms with Crippen LogP contribution in [0.15, 0.2) is 76.6 Å². The van der Waals surface area contributed by atoms with Gasteiger partial charge < -0.3 is 10.2 Å². The second-order valence-corrected chi connectivity index (χ2v) is 12.7. The maximum atomic E-state index is 14.1. The normalized spacial score (nSPS) is 18.7. The van der Waals surface area contributed by atoms with Crippen LogP contribution in [-0.4, -0.2) is 44.7 Å². The van der Waals surface area contributed by atoms with Gasteiger partial charge in [-0.3, -0.25) is 9.59 Å². The monoisotopic (exact) mass is 572 g/mol. The van der Waals surface area contributed by atoms with E-state index in [1.54, 1.807) is 20.9 Å². The quantitative estimate of drug-likeness (QED) is 0.452. The number of nitrogens with one attached hydrogen (secondary N) is 2. The number of para-hydroxylation sites is 1. The third kappa shape index (κ3) is 5.56. The minimum atomic E-state index is -4.05. The Labute approximate surface area is 241 Å².